The predicted molar refractivity (Wildman–Crippen MR) is 68.8 cm³/mol. The summed E-state index contributed by atoms with van der Waals surface area (Å²) in [5, 5.41) is 9.00. The summed E-state index contributed by atoms with van der Waals surface area (Å²) < 4.78 is 37.7. The molecule has 0 saturated carbocycles. The van der Waals surface area contributed by atoms with Crippen molar-refractivity contribution in [1.29, 1.82) is 5.26 Å². The number of hydrogen-bond acceptors (Lipinski definition) is 2. The maximum Gasteiger partial charge on any atom is 0.416 e. The third kappa shape index (κ3) is 3.62. The minimum absolute atomic E-state index is 0.0153. The maximum absolute atomic E-state index is 12.6. The van der Waals surface area contributed by atoms with E-state index in [1.54, 1.807) is 23.1 Å². The quantitative estimate of drug-likeness (QED) is 0.759. The van der Waals surface area contributed by atoms with Crippen molar-refractivity contribution < 1.29 is 13.2 Å². The molecule has 0 heterocycles. The van der Waals surface area contributed by atoms with Crippen LogP contribution in [0.15, 0.2) is 43.5 Å². The molecule has 19 heavy (non-hydrogen) atoms. The van der Waals surface area contributed by atoms with Gasteiger partial charge in [0.2, 0.25) is 0 Å². The second-order valence-corrected chi connectivity index (χ2v) is 3.82. The van der Waals surface area contributed by atoms with Crippen molar-refractivity contribution in [3.63, 3.8) is 0 Å². The molecule has 1 aromatic carbocycles. The molecule has 0 spiro atoms. The van der Waals surface area contributed by atoms with Crippen LogP contribution in [-0.2, 0) is 6.18 Å². The largest absolute Gasteiger partial charge is 0.416 e. The number of alkyl halides is 3. The van der Waals surface area contributed by atoms with Crippen LogP contribution in [0.1, 0.15) is 11.1 Å². The SMILES string of the molecule is C=CCN(CC=C)c1ccc(C(F)(F)F)cc1C#N. The van der Waals surface area contributed by atoms with Crippen molar-refractivity contribution in [3.8, 4) is 6.07 Å². The summed E-state index contributed by atoms with van der Waals surface area (Å²) in [5.74, 6) is 0. The molecule has 2 nitrogen and oxygen atoms in total. The average Bonchev–Trinajstić information content (AvgIpc) is 2.36. The first-order valence-corrected chi connectivity index (χ1v) is 5.52. The molecule has 0 aliphatic rings. The van der Waals surface area contributed by atoms with Gasteiger partial charge >= 0.3 is 6.18 Å². The Balaban J connectivity index is 3.25. The number of hydrogen-bond donors (Lipinski definition) is 0. The lowest BCUT2D eigenvalue weighted by Crippen LogP contribution is -2.24. The van der Waals surface area contributed by atoms with Gasteiger partial charge in [0.05, 0.1) is 16.8 Å². The van der Waals surface area contributed by atoms with Crippen LogP contribution in [0.25, 0.3) is 0 Å². The number of halogens is 3. The van der Waals surface area contributed by atoms with Crippen molar-refractivity contribution in [1.82, 2.24) is 0 Å². The highest BCUT2D eigenvalue weighted by Crippen LogP contribution is 2.32. The molecule has 0 aliphatic carbocycles. The zero-order valence-corrected chi connectivity index (χ0v) is 10.2. The third-order valence-electron chi connectivity index (χ3n) is 2.48. The highest BCUT2D eigenvalue weighted by Gasteiger charge is 2.31. The lowest BCUT2D eigenvalue weighted by molar-refractivity contribution is -0.137. The molecule has 0 aliphatic heterocycles. The number of nitrogens with zero attached hydrogens (tertiary/aromatic N) is 2. The molecule has 0 amide bonds. The minimum Gasteiger partial charge on any atom is -0.363 e. The molecule has 0 saturated heterocycles. The van der Waals surface area contributed by atoms with E-state index in [2.05, 4.69) is 13.2 Å². The summed E-state index contributed by atoms with van der Waals surface area (Å²) in [6, 6.07) is 4.92. The Labute approximate surface area is 110 Å². The van der Waals surface area contributed by atoms with Gasteiger partial charge in [0, 0.05) is 13.1 Å². The molecular formula is C14H13F3N2. The Morgan fingerprint density at radius 1 is 1.21 bits per heavy atom. The first kappa shape index (κ1) is 14.8. The maximum atomic E-state index is 12.6. The fraction of sp³-hybridized carbons (Fsp3) is 0.214. The van der Waals surface area contributed by atoms with Gasteiger partial charge in [-0.15, -0.1) is 13.2 Å². The Bertz CT molecular complexity index is 502. The summed E-state index contributed by atoms with van der Waals surface area (Å²) in [4.78, 5) is 1.72. The van der Waals surface area contributed by atoms with E-state index in [0.717, 1.165) is 12.1 Å². The van der Waals surface area contributed by atoms with Crippen molar-refractivity contribution in [2.75, 3.05) is 18.0 Å². The molecule has 0 fully saturated rings. The average molecular weight is 266 g/mol. The fourth-order valence-electron chi connectivity index (χ4n) is 1.66. The Morgan fingerprint density at radius 3 is 2.21 bits per heavy atom. The van der Waals surface area contributed by atoms with Gasteiger partial charge in [0.25, 0.3) is 0 Å². The summed E-state index contributed by atoms with van der Waals surface area (Å²) in [6.07, 6.45) is -1.23. The number of rotatable bonds is 5. The van der Waals surface area contributed by atoms with Crippen LogP contribution < -0.4 is 4.90 Å². The highest BCUT2D eigenvalue weighted by atomic mass is 19.4. The first-order valence-electron chi connectivity index (χ1n) is 5.52. The summed E-state index contributed by atoms with van der Waals surface area (Å²) in [7, 11) is 0. The highest BCUT2D eigenvalue weighted by molar-refractivity contribution is 5.61. The van der Waals surface area contributed by atoms with Gasteiger partial charge in [-0.05, 0) is 18.2 Å². The van der Waals surface area contributed by atoms with Gasteiger partial charge in [-0.1, -0.05) is 12.2 Å². The minimum atomic E-state index is -4.45. The van der Waals surface area contributed by atoms with Crippen LogP contribution in [-0.4, -0.2) is 13.1 Å². The van der Waals surface area contributed by atoms with E-state index < -0.39 is 11.7 Å². The van der Waals surface area contributed by atoms with E-state index in [1.165, 1.54) is 6.07 Å². The van der Waals surface area contributed by atoms with Gasteiger partial charge in [0.1, 0.15) is 6.07 Å². The van der Waals surface area contributed by atoms with Crippen LogP contribution in [0, 0.1) is 11.3 Å². The normalized spacial score (nSPS) is 10.6. The number of anilines is 1. The molecule has 5 heteroatoms. The molecule has 0 bridgehead atoms. The molecule has 100 valence electrons. The molecular weight excluding hydrogens is 253 g/mol. The summed E-state index contributed by atoms with van der Waals surface area (Å²) in [5.41, 5.74) is -0.404. The van der Waals surface area contributed by atoms with Crippen LogP contribution >= 0.6 is 0 Å². The van der Waals surface area contributed by atoms with Crippen LogP contribution in [0.4, 0.5) is 18.9 Å². The monoisotopic (exact) mass is 266 g/mol. The molecule has 1 aromatic rings. The Kier molecular flexibility index (Phi) is 4.76. The smallest absolute Gasteiger partial charge is 0.363 e. The molecule has 0 aromatic heterocycles. The van der Waals surface area contributed by atoms with Gasteiger partial charge < -0.3 is 4.90 Å². The lowest BCUT2D eigenvalue weighted by atomic mass is 10.1. The molecule has 0 radical (unpaired) electrons. The topological polar surface area (TPSA) is 27.0 Å². The van der Waals surface area contributed by atoms with Gasteiger partial charge in [-0.3, -0.25) is 0 Å². The van der Waals surface area contributed by atoms with E-state index in [4.69, 9.17) is 5.26 Å². The van der Waals surface area contributed by atoms with E-state index in [9.17, 15) is 13.2 Å². The standard InChI is InChI=1S/C14H13F3N2/c1-3-7-19(8-4-2)13-6-5-12(14(15,16)17)9-11(13)10-18/h3-6,9H,1-2,7-8H2. The van der Waals surface area contributed by atoms with Crippen LogP contribution in [0.3, 0.4) is 0 Å². The molecule has 1 rings (SSSR count). The molecule has 0 unspecified atom stereocenters. The predicted octanol–water partition coefficient (Wildman–Crippen LogP) is 3.76. The van der Waals surface area contributed by atoms with E-state index in [0.29, 0.717) is 18.8 Å². The van der Waals surface area contributed by atoms with Gasteiger partial charge in [-0.2, -0.15) is 18.4 Å². The van der Waals surface area contributed by atoms with Gasteiger partial charge in [0.15, 0.2) is 0 Å². The van der Waals surface area contributed by atoms with Crippen molar-refractivity contribution in [2.45, 2.75) is 6.18 Å². The summed E-state index contributed by atoms with van der Waals surface area (Å²) in [6.45, 7) is 8.01. The zero-order chi connectivity index (χ0) is 14.5. The second-order valence-electron chi connectivity index (χ2n) is 3.82. The first-order chi connectivity index (χ1) is 8.93. The van der Waals surface area contributed by atoms with Gasteiger partial charge in [-0.25, -0.2) is 0 Å². The summed E-state index contributed by atoms with van der Waals surface area (Å²) >= 11 is 0. The fourth-order valence-corrected chi connectivity index (χ4v) is 1.66. The third-order valence-corrected chi connectivity index (χ3v) is 2.48. The van der Waals surface area contributed by atoms with Crippen molar-refractivity contribution in [3.05, 3.63) is 54.6 Å². The molecule has 0 N–H and O–H groups in total. The second kappa shape index (κ2) is 6.10. The van der Waals surface area contributed by atoms with Crippen LogP contribution in [0.5, 0.6) is 0 Å². The van der Waals surface area contributed by atoms with E-state index in [-0.39, 0.29) is 5.56 Å². The molecule has 0 atom stereocenters. The van der Waals surface area contributed by atoms with E-state index in [1.807, 2.05) is 0 Å². The zero-order valence-electron chi connectivity index (χ0n) is 10.2. The Hall–Kier alpha value is -2.22. The van der Waals surface area contributed by atoms with E-state index >= 15 is 0 Å². The van der Waals surface area contributed by atoms with Crippen molar-refractivity contribution >= 4 is 5.69 Å². The van der Waals surface area contributed by atoms with Crippen molar-refractivity contribution in [2.24, 2.45) is 0 Å². The number of benzene rings is 1. The lowest BCUT2D eigenvalue weighted by Gasteiger charge is -2.23. The Morgan fingerprint density at radius 2 is 1.79 bits per heavy atom. The van der Waals surface area contributed by atoms with Crippen LogP contribution in [0.2, 0.25) is 0 Å². The number of nitriles is 1.